The van der Waals surface area contributed by atoms with Crippen molar-refractivity contribution >= 4 is 51.4 Å². The predicted octanol–water partition coefficient (Wildman–Crippen LogP) is 1.29. The maximum atomic E-state index is 12.1. The molecule has 0 amide bonds. The molecule has 0 bridgehead atoms. The van der Waals surface area contributed by atoms with Crippen LogP contribution < -0.4 is 0 Å². The second-order valence-electron chi connectivity index (χ2n) is 1.57. The first-order chi connectivity index (χ1) is 4.22. The Morgan fingerprint density at radius 1 is 1.20 bits per heavy atom. The molecule has 1 aromatic carbocycles. The monoisotopic (exact) mass is 169 g/mol. The van der Waals surface area contributed by atoms with Gasteiger partial charge in [0.05, 0.1) is 0 Å². The summed E-state index contributed by atoms with van der Waals surface area (Å²) < 4.78 is 24.2. The fraction of sp³-hybridized carbons (Fsp3) is 0. The van der Waals surface area contributed by atoms with Gasteiger partial charge in [-0.25, -0.2) is 4.39 Å². The quantitative estimate of drug-likeness (QED) is 0.580. The standard InChI is InChI=1S/C6H4F2O.K/c7-4-2-1-3-5(9)6(4)8;/h1-3,9H;. The fourth-order valence-electron chi connectivity index (χ4n) is 0.492. The van der Waals surface area contributed by atoms with Crippen LogP contribution in [0.25, 0.3) is 0 Å². The Morgan fingerprint density at radius 2 is 1.80 bits per heavy atom. The molecule has 1 nitrogen and oxygen atoms in total. The van der Waals surface area contributed by atoms with E-state index in [0.717, 1.165) is 12.1 Å². The van der Waals surface area contributed by atoms with Gasteiger partial charge in [0.1, 0.15) is 0 Å². The number of halogens is 2. The molecule has 0 unspecified atom stereocenters. The summed E-state index contributed by atoms with van der Waals surface area (Å²) in [6, 6.07) is 3.25. The van der Waals surface area contributed by atoms with Gasteiger partial charge in [-0.05, 0) is 12.1 Å². The van der Waals surface area contributed by atoms with E-state index in [2.05, 4.69) is 0 Å². The molecule has 0 heterocycles. The number of aromatic hydroxyl groups is 1. The third-order valence-corrected chi connectivity index (χ3v) is 0.931. The normalized spacial score (nSPS) is 8.60. The minimum absolute atomic E-state index is 0. The van der Waals surface area contributed by atoms with Crippen molar-refractivity contribution in [3.8, 4) is 5.75 Å². The van der Waals surface area contributed by atoms with Crippen LogP contribution in [-0.2, 0) is 0 Å². The molecule has 0 aliphatic heterocycles. The van der Waals surface area contributed by atoms with Gasteiger partial charge in [-0.1, -0.05) is 6.07 Å². The maximum Gasteiger partial charge on any atom is 0.200 e. The Hall–Kier alpha value is 0.516. The Morgan fingerprint density at radius 3 is 2.20 bits per heavy atom. The molecule has 0 spiro atoms. The molecule has 10 heavy (non-hydrogen) atoms. The first kappa shape index (κ1) is 10.5. The van der Waals surface area contributed by atoms with E-state index in [-0.39, 0.29) is 51.4 Å². The number of phenolic OH excluding ortho intramolecular Hbond substituents is 1. The number of benzene rings is 1. The van der Waals surface area contributed by atoms with Gasteiger partial charge in [0.15, 0.2) is 17.4 Å². The van der Waals surface area contributed by atoms with Crippen molar-refractivity contribution in [3.63, 3.8) is 0 Å². The smallest absolute Gasteiger partial charge is 0.200 e. The van der Waals surface area contributed by atoms with Crippen molar-refractivity contribution in [1.82, 2.24) is 0 Å². The summed E-state index contributed by atoms with van der Waals surface area (Å²) in [4.78, 5) is 0. The van der Waals surface area contributed by atoms with Gasteiger partial charge >= 0.3 is 0 Å². The average molecular weight is 169 g/mol. The van der Waals surface area contributed by atoms with Crippen molar-refractivity contribution < 1.29 is 13.9 Å². The van der Waals surface area contributed by atoms with Crippen LogP contribution in [0.1, 0.15) is 0 Å². The zero-order chi connectivity index (χ0) is 6.85. The zero-order valence-corrected chi connectivity index (χ0v) is 8.56. The molecule has 4 heteroatoms. The van der Waals surface area contributed by atoms with E-state index in [9.17, 15) is 8.78 Å². The molecule has 0 fully saturated rings. The van der Waals surface area contributed by atoms with Crippen LogP contribution >= 0.6 is 0 Å². The Bertz CT molecular complexity index is 207. The van der Waals surface area contributed by atoms with Crippen LogP contribution in [-0.4, -0.2) is 56.5 Å². The van der Waals surface area contributed by atoms with E-state index < -0.39 is 17.4 Å². The minimum atomic E-state index is -1.20. The van der Waals surface area contributed by atoms with Crippen LogP contribution in [0.2, 0.25) is 0 Å². The van der Waals surface area contributed by atoms with Crippen molar-refractivity contribution in [2.24, 2.45) is 0 Å². The molecule has 49 valence electrons. The number of phenols is 1. The summed E-state index contributed by atoms with van der Waals surface area (Å²) >= 11 is 0. The van der Waals surface area contributed by atoms with E-state index in [1.54, 1.807) is 0 Å². The van der Waals surface area contributed by atoms with Crippen molar-refractivity contribution in [2.75, 3.05) is 0 Å². The van der Waals surface area contributed by atoms with E-state index >= 15 is 0 Å². The van der Waals surface area contributed by atoms with E-state index in [0.29, 0.717) is 0 Å². The van der Waals surface area contributed by atoms with Crippen LogP contribution in [0.15, 0.2) is 18.2 Å². The zero-order valence-electron chi connectivity index (χ0n) is 5.44. The van der Waals surface area contributed by atoms with Gasteiger partial charge in [-0.3, -0.25) is 0 Å². The number of rotatable bonds is 0. The van der Waals surface area contributed by atoms with Crippen LogP contribution in [0.5, 0.6) is 5.75 Å². The number of hydrogen-bond acceptors (Lipinski definition) is 1. The molecule has 1 N–H and O–H groups in total. The van der Waals surface area contributed by atoms with Crippen molar-refractivity contribution in [1.29, 1.82) is 0 Å². The van der Waals surface area contributed by atoms with E-state index in [4.69, 9.17) is 5.11 Å². The molecule has 1 radical (unpaired) electrons. The van der Waals surface area contributed by atoms with Crippen LogP contribution in [0.3, 0.4) is 0 Å². The molecule has 0 saturated heterocycles. The summed E-state index contributed by atoms with van der Waals surface area (Å²) in [6.45, 7) is 0. The molecule has 0 aliphatic rings. The van der Waals surface area contributed by atoms with Gasteiger partial charge in [-0.15, -0.1) is 0 Å². The second-order valence-corrected chi connectivity index (χ2v) is 1.57. The molecule has 1 aromatic rings. The van der Waals surface area contributed by atoms with Gasteiger partial charge in [0.25, 0.3) is 0 Å². The van der Waals surface area contributed by atoms with Crippen molar-refractivity contribution in [3.05, 3.63) is 29.8 Å². The second kappa shape index (κ2) is 4.41. The van der Waals surface area contributed by atoms with E-state index in [1.165, 1.54) is 6.07 Å². The Balaban J connectivity index is 0.000000810. The van der Waals surface area contributed by atoms with Crippen LogP contribution in [0.4, 0.5) is 8.78 Å². The maximum absolute atomic E-state index is 12.1. The summed E-state index contributed by atoms with van der Waals surface area (Å²) in [6.07, 6.45) is 0. The van der Waals surface area contributed by atoms with Crippen LogP contribution in [0, 0.1) is 11.6 Å². The van der Waals surface area contributed by atoms with E-state index in [1.807, 2.05) is 0 Å². The summed E-state index contributed by atoms with van der Waals surface area (Å²) in [5.74, 6) is -2.89. The Labute approximate surface area is 99.5 Å². The van der Waals surface area contributed by atoms with Gasteiger partial charge in [0, 0.05) is 51.4 Å². The third kappa shape index (κ3) is 2.28. The molecule has 0 atom stereocenters. The molecule has 0 aliphatic carbocycles. The minimum Gasteiger partial charge on any atom is -0.505 e. The number of hydrogen-bond donors (Lipinski definition) is 1. The third-order valence-electron chi connectivity index (χ3n) is 0.931. The molecule has 1 rings (SSSR count). The SMILES string of the molecule is Oc1cccc(F)c1F.[K]. The Kier molecular flexibility index (Phi) is 4.63. The van der Waals surface area contributed by atoms with Crippen molar-refractivity contribution in [2.45, 2.75) is 0 Å². The first-order valence-corrected chi connectivity index (χ1v) is 2.35. The average Bonchev–Trinajstić information content (AvgIpc) is 1.83. The van der Waals surface area contributed by atoms with Gasteiger partial charge in [0.2, 0.25) is 0 Å². The predicted molar refractivity (Wildman–Crippen MR) is 33.8 cm³/mol. The summed E-state index contributed by atoms with van der Waals surface area (Å²) in [7, 11) is 0. The topological polar surface area (TPSA) is 20.2 Å². The largest absolute Gasteiger partial charge is 0.505 e. The first-order valence-electron chi connectivity index (χ1n) is 2.35. The van der Waals surface area contributed by atoms with Gasteiger partial charge < -0.3 is 5.11 Å². The molecular formula is C6H4F2KO. The molecule has 0 saturated carbocycles. The molecular weight excluding hydrogens is 165 g/mol. The van der Waals surface area contributed by atoms with Gasteiger partial charge in [-0.2, -0.15) is 4.39 Å². The fourth-order valence-corrected chi connectivity index (χ4v) is 0.492. The molecule has 0 aromatic heterocycles. The summed E-state index contributed by atoms with van der Waals surface area (Å²) in [5, 5.41) is 8.49. The summed E-state index contributed by atoms with van der Waals surface area (Å²) in [5.41, 5.74) is 0.